The zero-order valence-corrected chi connectivity index (χ0v) is 11.0. The second-order valence-electron chi connectivity index (χ2n) is 5.13. The van der Waals surface area contributed by atoms with Gasteiger partial charge >= 0.3 is 6.09 Å². The SMILES string of the molecule is Cc1ccc(N2CC(C)(CCCN)OC2=O)cc1. The summed E-state index contributed by atoms with van der Waals surface area (Å²) in [4.78, 5) is 13.6. The Balaban J connectivity index is 2.11. The van der Waals surface area contributed by atoms with Gasteiger partial charge in [0.25, 0.3) is 0 Å². The standard InChI is InChI=1S/C14H20N2O2/c1-11-4-6-12(7-5-11)16-10-14(2,8-3-9-15)18-13(16)17/h4-7H,3,8-10,15H2,1-2H3. The van der Waals surface area contributed by atoms with Crippen LogP contribution >= 0.6 is 0 Å². The van der Waals surface area contributed by atoms with Gasteiger partial charge in [-0.1, -0.05) is 17.7 Å². The maximum Gasteiger partial charge on any atom is 0.415 e. The predicted octanol–water partition coefficient (Wildman–Crippen LogP) is 2.45. The average Bonchev–Trinajstić information content (AvgIpc) is 2.64. The van der Waals surface area contributed by atoms with Crippen molar-refractivity contribution in [3.05, 3.63) is 29.8 Å². The lowest BCUT2D eigenvalue weighted by atomic mass is 10.00. The summed E-state index contributed by atoms with van der Waals surface area (Å²) in [5, 5.41) is 0. The van der Waals surface area contributed by atoms with E-state index < -0.39 is 5.60 Å². The molecule has 0 aromatic heterocycles. The molecule has 1 fully saturated rings. The molecule has 0 spiro atoms. The Labute approximate surface area is 108 Å². The Morgan fingerprint density at radius 2 is 2.06 bits per heavy atom. The summed E-state index contributed by atoms with van der Waals surface area (Å²) in [6, 6.07) is 7.90. The minimum absolute atomic E-state index is 0.265. The number of cyclic esters (lactones) is 1. The Hall–Kier alpha value is -1.55. The van der Waals surface area contributed by atoms with Crippen molar-refractivity contribution >= 4 is 11.8 Å². The molecule has 1 saturated heterocycles. The largest absolute Gasteiger partial charge is 0.441 e. The van der Waals surface area contributed by atoms with E-state index in [9.17, 15) is 4.79 Å². The summed E-state index contributed by atoms with van der Waals surface area (Å²) in [5.41, 5.74) is 7.16. The lowest BCUT2D eigenvalue weighted by Gasteiger charge is -2.21. The fourth-order valence-electron chi connectivity index (χ4n) is 2.22. The summed E-state index contributed by atoms with van der Waals surface area (Å²) >= 11 is 0. The number of nitrogens with two attached hydrogens (primary N) is 1. The molecule has 1 aliphatic rings. The van der Waals surface area contributed by atoms with Crippen molar-refractivity contribution in [2.24, 2.45) is 5.73 Å². The fourth-order valence-corrected chi connectivity index (χ4v) is 2.22. The van der Waals surface area contributed by atoms with Crippen molar-refractivity contribution in [1.29, 1.82) is 0 Å². The molecule has 1 aromatic carbocycles. The second-order valence-corrected chi connectivity index (χ2v) is 5.13. The van der Waals surface area contributed by atoms with Gasteiger partial charge in [-0.15, -0.1) is 0 Å². The number of anilines is 1. The van der Waals surface area contributed by atoms with Gasteiger partial charge in [0.1, 0.15) is 5.60 Å². The van der Waals surface area contributed by atoms with E-state index in [1.165, 1.54) is 5.56 Å². The van der Waals surface area contributed by atoms with Crippen LogP contribution in [0, 0.1) is 6.92 Å². The summed E-state index contributed by atoms with van der Waals surface area (Å²) < 4.78 is 5.48. The Morgan fingerprint density at radius 1 is 1.39 bits per heavy atom. The van der Waals surface area contributed by atoms with Gasteiger partial charge in [0.05, 0.1) is 6.54 Å². The molecular weight excluding hydrogens is 228 g/mol. The van der Waals surface area contributed by atoms with Gasteiger partial charge < -0.3 is 10.5 Å². The van der Waals surface area contributed by atoms with Gasteiger partial charge in [-0.2, -0.15) is 0 Å². The molecule has 1 aromatic rings. The van der Waals surface area contributed by atoms with Crippen LogP contribution in [0.15, 0.2) is 24.3 Å². The zero-order valence-electron chi connectivity index (χ0n) is 11.0. The lowest BCUT2D eigenvalue weighted by Crippen LogP contribution is -2.31. The number of hydrogen-bond donors (Lipinski definition) is 1. The number of carbonyl (C=O) groups is 1. The third-order valence-corrected chi connectivity index (χ3v) is 3.30. The molecule has 2 N–H and O–H groups in total. The van der Waals surface area contributed by atoms with Crippen molar-refractivity contribution in [3.8, 4) is 0 Å². The number of rotatable bonds is 4. The first-order chi connectivity index (χ1) is 8.54. The Kier molecular flexibility index (Phi) is 3.57. The molecule has 1 heterocycles. The summed E-state index contributed by atoms with van der Waals surface area (Å²) in [5.74, 6) is 0. The van der Waals surface area contributed by atoms with Gasteiger partial charge in [0, 0.05) is 5.69 Å². The monoisotopic (exact) mass is 248 g/mol. The highest BCUT2D eigenvalue weighted by Gasteiger charge is 2.41. The van der Waals surface area contributed by atoms with Crippen LogP contribution in [-0.2, 0) is 4.74 Å². The molecule has 0 radical (unpaired) electrons. The highest BCUT2D eigenvalue weighted by molar-refractivity contribution is 5.90. The number of nitrogens with zero attached hydrogens (tertiary/aromatic N) is 1. The van der Waals surface area contributed by atoms with Crippen molar-refractivity contribution in [2.45, 2.75) is 32.3 Å². The third-order valence-electron chi connectivity index (χ3n) is 3.30. The summed E-state index contributed by atoms with van der Waals surface area (Å²) in [7, 11) is 0. The summed E-state index contributed by atoms with van der Waals surface area (Å²) in [6.45, 7) is 5.21. The minimum atomic E-state index is -0.415. The Bertz CT molecular complexity index is 430. The van der Waals surface area contributed by atoms with E-state index >= 15 is 0 Å². The maximum atomic E-state index is 11.9. The molecule has 0 saturated carbocycles. The molecule has 4 heteroatoms. The van der Waals surface area contributed by atoms with Gasteiger partial charge in [-0.25, -0.2) is 4.79 Å². The highest BCUT2D eigenvalue weighted by Crippen LogP contribution is 2.30. The fraction of sp³-hybridized carbons (Fsp3) is 0.500. The minimum Gasteiger partial charge on any atom is -0.441 e. The molecule has 2 rings (SSSR count). The van der Waals surface area contributed by atoms with E-state index in [4.69, 9.17) is 10.5 Å². The van der Waals surface area contributed by atoms with Crippen LogP contribution in [0.4, 0.5) is 10.5 Å². The molecule has 98 valence electrons. The third kappa shape index (κ3) is 2.64. The van der Waals surface area contributed by atoms with Crippen LogP contribution in [0.3, 0.4) is 0 Å². The second kappa shape index (κ2) is 4.98. The molecule has 1 unspecified atom stereocenters. The van der Waals surface area contributed by atoms with Gasteiger partial charge in [-0.3, -0.25) is 4.90 Å². The zero-order chi connectivity index (χ0) is 13.2. The molecule has 18 heavy (non-hydrogen) atoms. The van der Waals surface area contributed by atoms with Crippen LogP contribution < -0.4 is 10.6 Å². The van der Waals surface area contributed by atoms with Crippen LogP contribution in [0.1, 0.15) is 25.3 Å². The molecule has 1 aliphatic heterocycles. The molecule has 1 atom stereocenters. The number of hydrogen-bond acceptors (Lipinski definition) is 3. The quantitative estimate of drug-likeness (QED) is 0.890. The number of aryl methyl sites for hydroxylation is 1. The van der Waals surface area contributed by atoms with Crippen molar-refractivity contribution in [1.82, 2.24) is 0 Å². The van der Waals surface area contributed by atoms with E-state index in [-0.39, 0.29) is 6.09 Å². The van der Waals surface area contributed by atoms with E-state index in [1.807, 2.05) is 38.1 Å². The number of amides is 1. The molecule has 4 nitrogen and oxygen atoms in total. The molecule has 0 aliphatic carbocycles. The van der Waals surface area contributed by atoms with Gasteiger partial charge in [0.2, 0.25) is 0 Å². The van der Waals surface area contributed by atoms with E-state index in [2.05, 4.69) is 0 Å². The number of benzene rings is 1. The number of ether oxygens (including phenoxy) is 1. The predicted molar refractivity (Wildman–Crippen MR) is 71.7 cm³/mol. The van der Waals surface area contributed by atoms with Gasteiger partial charge in [-0.05, 0) is 45.4 Å². The molecule has 0 bridgehead atoms. The first-order valence-electron chi connectivity index (χ1n) is 6.31. The van der Waals surface area contributed by atoms with Crippen LogP contribution in [0.25, 0.3) is 0 Å². The smallest absolute Gasteiger partial charge is 0.415 e. The number of carbonyl (C=O) groups excluding carboxylic acids is 1. The van der Waals surface area contributed by atoms with Crippen molar-refractivity contribution in [2.75, 3.05) is 18.0 Å². The first kappa shape index (κ1) is 12.9. The van der Waals surface area contributed by atoms with Crippen molar-refractivity contribution in [3.63, 3.8) is 0 Å². The Morgan fingerprint density at radius 3 is 2.67 bits per heavy atom. The molecule has 1 amide bonds. The van der Waals surface area contributed by atoms with E-state index in [0.717, 1.165) is 18.5 Å². The van der Waals surface area contributed by atoms with E-state index in [1.54, 1.807) is 4.90 Å². The van der Waals surface area contributed by atoms with Crippen molar-refractivity contribution < 1.29 is 9.53 Å². The average molecular weight is 248 g/mol. The highest BCUT2D eigenvalue weighted by atomic mass is 16.6. The van der Waals surface area contributed by atoms with Crippen LogP contribution in [0.2, 0.25) is 0 Å². The lowest BCUT2D eigenvalue weighted by molar-refractivity contribution is 0.0640. The molecular formula is C14H20N2O2. The topological polar surface area (TPSA) is 55.6 Å². The van der Waals surface area contributed by atoms with Gasteiger partial charge in [0.15, 0.2) is 0 Å². The van der Waals surface area contributed by atoms with E-state index in [0.29, 0.717) is 13.1 Å². The summed E-state index contributed by atoms with van der Waals surface area (Å²) in [6.07, 6.45) is 1.40. The first-order valence-corrected chi connectivity index (χ1v) is 6.31. The van der Waals surface area contributed by atoms with Crippen LogP contribution in [0.5, 0.6) is 0 Å². The maximum absolute atomic E-state index is 11.9. The van der Waals surface area contributed by atoms with Crippen LogP contribution in [-0.4, -0.2) is 24.8 Å². The normalized spacial score (nSPS) is 23.3.